The zero-order valence-corrected chi connectivity index (χ0v) is 20.5. The van der Waals surface area contributed by atoms with Gasteiger partial charge < -0.3 is 5.32 Å². The largest absolute Gasteiger partial charge is 0.333 e. The number of alkyl halides is 4. The number of carbonyl (C=O) groups is 1. The average Bonchev–Trinajstić information content (AvgIpc) is 3.65. The first-order valence-electron chi connectivity index (χ1n) is 11.9. The number of anilines is 1. The number of rotatable bonds is 6. The number of amides is 1. The highest BCUT2D eigenvalue weighted by molar-refractivity contribution is 5.97. The summed E-state index contributed by atoms with van der Waals surface area (Å²) in [5, 5.41) is 10.5. The van der Waals surface area contributed by atoms with E-state index in [-0.39, 0.29) is 35.0 Å². The molecule has 40 heavy (non-hydrogen) atoms. The Labute approximate surface area is 221 Å². The first-order valence-corrected chi connectivity index (χ1v) is 11.9. The van der Waals surface area contributed by atoms with Crippen LogP contribution in [0.4, 0.5) is 27.6 Å². The molecule has 1 aliphatic carbocycles. The normalized spacial score (nSPS) is 18.6. The van der Waals surface area contributed by atoms with Crippen LogP contribution in [0.5, 0.6) is 0 Å². The Bertz CT molecular complexity index is 1740. The van der Waals surface area contributed by atoms with Gasteiger partial charge in [-0.3, -0.25) is 9.78 Å². The van der Waals surface area contributed by atoms with E-state index in [9.17, 15) is 26.7 Å². The van der Waals surface area contributed by atoms with Crippen molar-refractivity contribution in [3.63, 3.8) is 0 Å². The fraction of sp³-hybridized carbons (Fsp3) is 0.240. The number of aromatic nitrogens is 8. The fourth-order valence-corrected chi connectivity index (χ4v) is 5.10. The van der Waals surface area contributed by atoms with E-state index in [1.54, 1.807) is 6.92 Å². The van der Waals surface area contributed by atoms with Crippen molar-refractivity contribution >= 4 is 17.2 Å². The van der Waals surface area contributed by atoms with Gasteiger partial charge in [-0.05, 0) is 31.5 Å². The lowest BCUT2D eigenvalue weighted by molar-refractivity contribution is -0.117. The molecule has 0 fully saturated rings. The van der Waals surface area contributed by atoms with Crippen LogP contribution in [0.2, 0.25) is 0 Å². The van der Waals surface area contributed by atoms with Crippen molar-refractivity contribution in [2.45, 2.75) is 37.7 Å². The molecular weight excluding hydrogens is 537 g/mol. The molecule has 204 valence electrons. The summed E-state index contributed by atoms with van der Waals surface area (Å²) in [5.74, 6) is -2.35. The van der Waals surface area contributed by atoms with Crippen LogP contribution < -0.4 is 5.32 Å². The molecule has 0 radical (unpaired) electrons. The van der Waals surface area contributed by atoms with Crippen LogP contribution in [0, 0.1) is 5.95 Å². The van der Waals surface area contributed by atoms with Crippen LogP contribution in [0.25, 0.3) is 17.2 Å². The number of hydrogen-bond acceptors (Lipinski definition) is 7. The number of pyridine rings is 1. The average molecular weight is 555 g/mol. The third-order valence-corrected chi connectivity index (χ3v) is 6.88. The topological polar surface area (TPSA) is 116 Å². The molecule has 1 aliphatic rings. The standard InChI is InChI=1S/C25H18F5N9O/c1-25(16-3-6-38(36-16)24(29)30)9-14(15-11-33-18-8-17(26)37-39(18)20(15)25)23(40)35-12-7-13(21(27)28)19(34-10-12)22-31-4-2-5-32-22/h2-8,10-11,14,21,24H,9H2,1H3,(H,35,40)/t14-,25+/m0/s1. The van der Waals surface area contributed by atoms with Crippen molar-refractivity contribution in [2.24, 2.45) is 0 Å². The van der Waals surface area contributed by atoms with E-state index in [1.807, 2.05) is 0 Å². The summed E-state index contributed by atoms with van der Waals surface area (Å²) in [5.41, 5.74) is -0.692. The smallest absolute Gasteiger partial charge is 0.324 e. The van der Waals surface area contributed by atoms with Crippen molar-refractivity contribution in [1.29, 1.82) is 0 Å². The fourth-order valence-electron chi connectivity index (χ4n) is 5.10. The van der Waals surface area contributed by atoms with Crippen molar-refractivity contribution in [2.75, 3.05) is 5.32 Å². The van der Waals surface area contributed by atoms with Crippen LogP contribution in [0.15, 0.2) is 55.2 Å². The number of halogens is 5. The molecule has 5 aromatic rings. The van der Waals surface area contributed by atoms with Gasteiger partial charge in [-0.2, -0.15) is 18.3 Å². The molecular formula is C25H18F5N9O. The molecule has 1 amide bonds. The number of nitrogens with one attached hydrogen (secondary N) is 1. The molecule has 0 unspecified atom stereocenters. The SMILES string of the molecule is C[C@]1(c2ccn(C(F)F)n2)C[C@H](C(=O)Nc2cnc(-c3ncccn3)c(C(F)F)c2)c2cnc3cc(F)nn3c21. The van der Waals surface area contributed by atoms with Crippen molar-refractivity contribution in [3.8, 4) is 11.5 Å². The molecule has 0 aliphatic heterocycles. The summed E-state index contributed by atoms with van der Waals surface area (Å²) in [6.07, 6.45) is 3.59. The van der Waals surface area contributed by atoms with Crippen molar-refractivity contribution in [1.82, 2.24) is 39.3 Å². The third-order valence-electron chi connectivity index (χ3n) is 6.88. The Morgan fingerprint density at radius 1 is 1.07 bits per heavy atom. The van der Waals surface area contributed by atoms with Crippen LogP contribution in [0.3, 0.4) is 0 Å². The highest BCUT2D eigenvalue weighted by atomic mass is 19.3. The lowest BCUT2D eigenvalue weighted by Crippen LogP contribution is -2.26. The lowest BCUT2D eigenvalue weighted by Gasteiger charge is -2.23. The summed E-state index contributed by atoms with van der Waals surface area (Å²) in [4.78, 5) is 29.7. The van der Waals surface area contributed by atoms with Gasteiger partial charge in [-0.1, -0.05) is 0 Å². The van der Waals surface area contributed by atoms with Gasteiger partial charge in [0.05, 0.1) is 34.6 Å². The summed E-state index contributed by atoms with van der Waals surface area (Å²) >= 11 is 0. The molecule has 10 nitrogen and oxygen atoms in total. The van der Waals surface area contributed by atoms with E-state index < -0.39 is 41.7 Å². The minimum atomic E-state index is -2.93. The molecule has 5 heterocycles. The van der Waals surface area contributed by atoms with Gasteiger partial charge >= 0.3 is 6.55 Å². The second-order valence-electron chi connectivity index (χ2n) is 9.37. The van der Waals surface area contributed by atoms with Crippen molar-refractivity contribution in [3.05, 3.63) is 83.7 Å². The molecule has 0 aromatic carbocycles. The van der Waals surface area contributed by atoms with E-state index in [0.29, 0.717) is 15.9 Å². The Morgan fingerprint density at radius 2 is 1.85 bits per heavy atom. The zero-order valence-electron chi connectivity index (χ0n) is 20.5. The highest BCUT2D eigenvalue weighted by Crippen LogP contribution is 2.49. The summed E-state index contributed by atoms with van der Waals surface area (Å²) in [6, 6.07) is 5.11. The number of hydrogen-bond donors (Lipinski definition) is 1. The van der Waals surface area contributed by atoms with Gasteiger partial charge in [-0.25, -0.2) is 32.9 Å². The summed E-state index contributed by atoms with van der Waals surface area (Å²) in [6.45, 7) is -1.21. The molecule has 5 aromatic heterocycles. The quantitative estimate of drug-likeness (QED) is 0.303. The predicted octanol–water partition coefficient (Wildman–Crippen LogP) is 4.68. The van der Waals surface area contributed by atoms with Gasteiger partial charge in [0.1, 0.15) is 5.69 Å². The van der Waals surface area contributed by atoms with Gasteiger partial charge in [0.2, 0.25) is 11.9 Å². The highest BCUT2D eigenvalue weighted by Gasteiger charge is 2.48. The third kappa shape index (κ3) is 4.13. The van der Waals surface area contributed by atoms with E-state index in [1.165, 1.54) is 41.4 Å². The molecule has 0 spiro atoms. The number of carbonyl (C=O) groups excluding carboxylic acids is 1. The second-order valence-corrected chi connectivity index (χ2v) is 9.37. The maximum atomic E-state index is 14.1. The minimum Gasteiger partial charge on any atom is -0.324 e. The number of nitrogens with zero attached hydrogens (tertiary/aromatic N) is 8. The first kappa shape index (κ1) is 25.5. The van der Waals surface area contributed by atoms with Crippen LogP contribution in [0.1, 0.15) is 54.8 Å². The Kier molecular flexibility index (Phi) is 6.00. The van der Waals surface area contributed by atoms with Crippen LogP contribution in [-0.4, -0.2) is 45.2 Å². The van der Waals surface area contributed by atoms with E-state index >= 15 is 0 Å². The number of fused-ring (bicyclic) bond motifs is 3. The molecule has 0 saturated carbocycles. The Balaban J connectivity index is 1.39. The first-order chi connectivity index (χ1) is 19.2. The minimum absolute atomic E-state index is 0.000874. The van der Waals surface area contributed by atoms with E-state index in [2.05, 4.69) is 35.5 Å². The van der Waals surface area contributed by atoms with Crippen molar-refractivity contribution < 1.29 is 26.7 Å². The van der Waals surface area contributed by atoms with Gasteiger partial charge in [-0.15, -0.1) is 5.10 Å². The molecule has 2 atom stereocenters. The van der Waals surface area contributed by atoms with Gasteiger partial charge in [0.15, 0.2) is 11.5 Å². The van der Waals surface area contributed by atoms with Crippen LogP contribution in [-0.2, 0) is 10.2 Å². The molecule has 6 rings (SSSR count). The van der Waals surface area contributed by atoms with Crippen LogP contribution >= 0.6 is 0 Å². The van der Waals surface area contributed by atoms with Gasteiger partial charge in [0, 0.05) is 42.0 Å². The lowest BCUT2D eigenvalue weighted by atomic mass is 9.82. The predicted molar refractivity (Wildman–Crippen MR) is 129 cm³/mol. The Hall–Kier alpha value is -4.82. The molecule has 1 N–H and O–H groups in total. The second kappa shape index (κ2) is 9.43. The van der Waals surface area contributed by atoms with Gasteiger partial charge in [0.25, 0.3) is 6.43 Å². The Morgan fingerprint density at radius 3 is 2.55 bits per heavy atom. The monoisotopic (exact) mass is 555 g/mol. The van der Waals surface area contributed by atoms with E-state index in [4.69, 9.17) is 0 Å². The molecule has 0 saturated heterocycles. The molecule has 15 heteroatoms. The molecule has 0 bridgehead atoms. The zero-order chi connectivity index (χ0) is 28.2. The maximum absolute atomic E-state index is 14.1. The summed E-state index contributed by atoms with van der Waals surface area (Å²) < 4.78 is 70.2. The maximum Gasteiger partial charge on any atom is 0.333 e. The van der Waals surface area contributed by atoms with E-state index in [0.717, 1.165) is 18.3 Å². The summed E-state index contributed by atoms with van der Waals surface area (Å²) in [7, 11) is 0.